The van der Waals surface area contributed by atoms with Crippen LogP contribution in [-0.4, -0.2) is 29.4 Å². The Morgan fingerprint density at radius 3 is 2.79 bits per heavy atom. The third-order valence-corrected chi connectivity index (χ3v) is 2.02. The molecule has 0 fully saturated rings. The minimum absolute atomic E-state index is 0.316. The van der Waals surface area contributed by atoms with Gasteiger partial charge in [0.15, 0.2) is 0 Å². The number of hydrogen-bond acceptors (Lipinski definition) is 3. The monoisotopic (exact) mass is 195 g/mol. The second kappa shape index (κ2) is 6.51. The zero-order valence-corrected chi connectivity index (χ0v) is 8.52. The van der Waals surface area contributed by atoms with Crippen molar-refractivity contribution < 1.29 is 9.84 Å². The van der Waals surface area contributed by atoms with Gasteiger partial charge in [-0.25, -0.2) is 0 Å². The van der Waals surface area contributed by atoms with Gasteiger partial charge in [-0.15, -0.1) is 0 Å². The van der Waals surface area contributed by atoms with Gasteiger partial charge in [-0.1, -0.05) is 0 Å². The minimum atomic E-state index is -0.316. The Hall–Kier alpha value is -0.930. The number of hydrogen-bond donors (Lipinski definition) is 1. The van der Waals surface area contributed by atoms with Crippen molar-refractivity contribution in [1.29, 1.82) is 0 Å². The Morgan fingerprint density at radius 1 is 1.43 bits per heavy atom. The highest BCUT2D eigenvalue weighted by Gasteiger charge is 2.04. The highest BCUT2D eigenvalue weighted by Crippen LogP contribution is 2.04. The first-order valence-electron chi connectivity index (χ1n) is 4.97. The van der Waals surface area contributed by atoms with Crippen LogP contribution in [0, 0.1) is 0 Å². The largest absolute Gasteiger partial charge is 0.393 e. The van der Waals surface area contributed by atoms with E-state index in [-0.39, 0.29) is 6.10 Å². The maximum absolute atomic E-state index is 9.63. The van der Waals surface area contributed by atoms with Crippen LogP contribution < -0.4 is 0 Å². The molecule has 3 nitrogen and oxygen atoms in total. The van der Waals surface area contributed by atoms with Gasteiger partial charge in [-0.3, -0.25) is 4.98 Å². The first-order chi connectivity index (χ1) is 6.83. The van der Waals surface area contributed by atoms with Crippen LogP contribution >= 0.6 is 0 Å². The fraction of sp³-hybridized carbons (Fsp3) is 0.545. The zero-order valence-electron chi connectivity index (χ0n) is 8.52. The van der Waals surface area contributed by atoms with Crippen LogP contribution in [0.3, 0.4) is 0 Å². The first-order valence-corrected chi connectivity index (χ1v) is 4.97. The summed E-state index contributed by atoms with van der Waals surface area (Å²) in [7, 11) is 0. The third-order valence-electron chi connectivity index (χ3n) is 2.02. The zero-order chi connectivity index (χ0) is 10.2. The fourth-order valence-corrected chi connectivity index (χ4v) is 1.26. The summed E-state index contributed by atoms with van der Waals surface area (Å²) in [6.07, 6.45) is 4.53. The van der Waals surface area contributed by atoms with Crippen LogP contribution in [0.25, 0.3) is 0 Å². The second-order valence-corrected chi connectivity index (χ2v) is 3.20. The molecule has 14 heavy (non-hydrogen) atoms. The summed E-state index contributed by atoms with van der Waals surface area (Å²) < 4.78 is 5.17. The van der Waals surface area contributed by atoms with Gasteiger partial charge in [0, 0.05) is 25.6 Å². The van der Waals surface area contributed by atoms with E-state index in [0.717, 1.165) is 5.56 Å². The molecular weight excluding hydrogens is 178 g/mol. The lowest BCUT2D eigenvalue weighted by Crippen LogP contribution is -2.13. The van der Waals surface area contributed by atoms with Gasteiger partial charge in [-0.2, -0.15) is 0 Å². The Balaban J connectivity index is 2.23. The van der Waals surface area contributed by atoms with Crippen molar-refractivity contribution >= 4 is 0 Å². The highest BCUT2D eigenvalue weighted by atomic mass is 16.5. The van der Waals surface area contributed by atoms with Crippen LogP contribution in [0.2, 0.25) is 0 Å². The van der Waals surface area contributed by atoms with E-state index < -0.39 is 0 Å². The summed E-state index contributed by atoms with van der Waals surface area (Å²) in [6.45, 7) is 3.29. The Morgan fingerprint density at radius 2 is 2.14 bits per heavy atom. The summed E-state index contributed by atoms with van der Waals surface area (Å²) in [4.78, 5) is 3.92. The van der Waals surface area contributed by atoms with Crippen molar-refractivity contribution in [2.75, 3.05) is 13.2 Å². The first kappa shape index (κ1) is 11.1. The normalized spacial score (nSPS) is 12.7. The fourth-order valence-electron chi connectivity index (χ4n) is 1.26. The smallest absolute Gasteiger partial charge is 0.0602 e. The molecule has 1 N–H and O–H groups in total. The number of aliphatic hydroxyl groups is 1. The van der Waals surface area contributed by atoms with Crippen LogP contribution in [0.15, 0.2) is 24.5 Å². The molecule has 1 aromatic heterocycles. The summed E-state index contributed by atoms with van der Waals surface area (Å²) >= 11 is 0. The molecule has 78 valence electrons. The molecule has 0 saturated heterocycles. The van der Waals surface area contributed by atoms with Gasteiger partial charge in [0.05, 0.1) is 6.10 Å². The number of aliphatic hydroxyl groups excluding tert-OH is 1. The molecule has 0 aromatic carbocycles. The van der Waals surface area contributed by atoms with Gasteiger partial charge < -0.3 is 9.84 Å². The molecule has 0 saturated carbocycles. The van der Waals surface area contributed by atoms with Gasteiger partial charge in [0.2, 0.25) is 0 Å². The van der Waals surface area contributed by atoms with E-state index in [4.69, 9.17) is 4.74 Å². The lowest BCUT2D eigenvalue weighted by molar-refractivity contribution is 0.0887. The van der Waals surface area contributed by atoms with Crippen molar-refractivity contribution in [2.45, 2.75) is 25.9 Å². The molecule has 0 aliphatic rings. The second-order valence-electron chi connectivity index (χ2n) is 3.20. The number of ether oxygens (including phenoxy) is 1. The van der Waals surface area contributed by atoms with Crippen LogP contribution in [-0.2, 0) is 11.2 Å². The molecule has 0 spiro atoms. The average molecular weight is 195 g/mol. The van der Waals surface area contributed by atoms with E-state index in [1.807, 2.05) is 19.1 Å². The molecule has 0 bridgehead atoms. The predicted molar refractivity (Wildman–Crippen MR) is 55.1 cm³/mol. The maximum Gasteiger partial charge on any atom is 0.0602 e. The molecule has 1 unspecified atom stereocenters. The third kappa shape index (κ3) is 4.35. The molecule has 0 amide bonds. The van der Waals surface area contributed by atoms with Crippen molar-refractivity contribution in [2.24, 2.45) is 0 Å². The molecular formula is C11H17NO2. The molecule has 1 aromatic rings. The number of pyridine rings is 1. The topological polar surface area (TPSA) is 42.4 Å². The van der Waals surface area contributed by atoms with E-state index in [9.17, 15) is 5.11 Å². The summed E-state index contributed by atoms with van der Waals surface area (Å²) in [5, 5.41) is 9.63. The Kier molecular flexibility index (Phi) is 5.19. The molecule has 1 heterocycles. The van der Waals surface area contributed by atoms with Gasteiger partial charge in [0.25, 0.3) is 0 Å². The van der Waals surface area contributed by atoms with Crippen molar-refractivity contribution in [3.63, 3.8) is 0 Å². The van der Waals surface area contributed by atoms with Crippen molar-refractivity contribution in [3.05, 3.63) is 30.1 Å². The average Bonchev–Trinajstić information content (AvgIpc) is 2.20. The number of rotatable bonds is 6. The molecule has 0 aliphatic carbocycles. The molecule has 1 atom stereocenters. The van der Waals surface area contributed by atoms with E-state index in [1.54, 1.807) is 12.4 Å². The molecule has 0 radical (unpaired) electrons. The van der Waals surface area contributed by atoms with E-state index in [2.05, 4.69) is 4.98 Å². The van der Waals surface area contributed by atoms with Gasteiger partial charge >= 0.3 is 0 Å². The Bertz CT molecular complexity index is 238. The van der Waals surface area contributed by atoms with Gasteiger partial charge in [-0.05, 0) is 37.5 Å². The van der Waals surface area contributed by atoms with Crippen LogP contribution in [0.4, 0.5) is 0 Å². The molecule has 3 heteroatoms. The summed E-state index contributed by atoms with van der Waals surface area (Å²) in [6, 6.07) is 3.84. The minimum Gasteiger partial charge on any atom is -0.393 e. The lowest BCUT2D eigenvalue weighted by atomic mass is 10.1. The van der Waals surface area contributed by atoms with E-state index in [0.29, 0.717) is 26.1 Å². The van der Waals surface area contributed by atoms with Crippen molar-refractivity contribution in [3.8, 4) is 0 Å². The summed E-state index contributed by atoms with van der Waals surface area (Å²) in [5.41, 5.74) is 1.11. The quantitative estimate of drug-likeness (QED) is 0.698. The standard InChI is InChI=1S/C11H17NO2/c1-2-14-8-5-11(13)9-10-3-6-12-7-4-10/h3-4,6-7,11,13H,2,5,8-9H2,1H3. The molecule has 0 aliphatic heterocycles. The number of aromatic nitrogens is 1. The van der Waals surface area contributed by atoms with Crippen molar-refractivity contribution in [1.82, 2.24) is 4.98 Å². The predicted octanol–water partition coefficient (Wildman–Crippen LogP) is 1.41. The SMILES string of the molecule is CCOCCC(O)Cc1ccncc1. The van der Waals surface area contributed by atoms with Crippen LogP contribution in [0.5, 0.6) is 0 Å². The van der Waals surface area contributed by atoms with Crippen LogP contribution in [0.1, 0.15) is 18.9 Å². The van der Waals surface area contributed by atoms with E-state index >= 15 is 0 Å². The highest BCUT2D eigenvalue weighted by molar-refractivity contribution is 5.10. The maximum atomic E-state index is 9.63. The number of nitrogens with zero attached hydrogens (tertiary/aromatic N) is 1. The Labute approximate surface area is 84.7 Å². The van der Waals surface area contributed by atoms with E-state index in [1.165, 1.54) is 0 Å². The van der Waals surface area contributed by atoms with Gasteiger partial charge in [0.1, 0.15) is 0 Å². The summed E-state index contributed by atoms with van der Waals surface area (Å²) in [5.74, 6) is 0. The molecule has 1 rings (SSSR count). The lowest BCUT2D eigenvalue weighted by Gasteiger charge is -2.09.